The van der Waals surface area contributed by atoms with E-state index in [0.29, 0.717) is 0 Å². The predicted octanol–water partition coefficient (Wildman–Crippen LogP) is 3.02. The zero-order chi connectivity index (χ0) is 13.4. The fourth-order valence-electron chi connectivity index (χ4n) is 2.52. The average Bonchev–Trinajstić information content (AvgIpc) is 2.92. The molecule has 0 amide bonds. The molecule has 0 bridgehead atoms. The average molecular weight is 293 g/mol. The van der Waals surface area contributed by atoms with Gasteiger partial charge < -0.3 is 15.5 Å². The van der Waals surface area contributed by atoms with E-state index in [4.69, 9.17) is 12.6 Å². The van der Waals surface area contributed by atoms with E-state index < -0.39 is 0 Å². The lowest BCUT2D eigenvalue weighted by Crippen LogP contribution is -2.32. The summed E-state index contributed by atoms with van der Waals surface area (Å²) in [5.74, 6) is -0.120. The SMILES string of the molecule is Oc1cc2c(cc1O)C(C(S)c1cccs1)NCC2. The van der Waals surface area contributed by atoms with Crippen LogP contribution >= 0.6 is 24.0 Å². The fourth-order valence-corrected chi connectivity index (χ4v) is 3.80. The van der Waals surface area contributed by atoms with Crippen LogP contribution in [0.15, 0.2) is 29.6 Å². The molecule has 1 aromatic carbocycles. The molecule has 2 aromatic rings. The van der Waals surface area contributed by atoms with Crippen molar-refractivity contribution in [3.05, 3.63) is 45.6 Å². The number of fused-ring (bicyclic) bond motifs is 1. The van der Waals surface area contributed by atoms with E-state index in [9.17, 15) is 10.2 Å². The van der Waals surface area contributed by atoms with Crippen molar-refractivity contribution in [2.75, 3.05) is 6.54 Å². The van der Waals surface area contributed by atoms with Crippen molar-refractivity contribution in [2.45, 2.75) is 17.7 Å². The summed E-state index contributed by atoms with van der Waals surface area (Å²) in [5.41, 5.74) is 2.10. The summed E-state index contributed by atoms with van der Waals surface area (Å²) < 4.78 is 0. The number of thiol groups is 1. The Morgan fingerprint density at radius 3 is 2.84 bits per heavy atom. The maximum Gasteiger partial charge on any atom is 0.157 e. The summed E-state index contributed by atoms with van der Waals surface area (Å²) >= 11 is 6.40. The van der Waals surface area contributed by atoms with Gasteiger partial charge in [0.05, 0.1) is 5.25 Å². The van der Waals surface area contributed by atoms with Crippen molar-refractivity contribution >= 4 is 24.0 Å². The molecule has 2 heterocycles. The molecule has 1 aliphatic rings. The zero-order valence-electron chi connectivity index (χ0n) is 10.2. The number of benzene rings is 1. The summed E-state index contributed by atoms with van der Waals surface area (Å²) in [4.78, 5) is 1.20. The van der Waals surface area contributed by atoms with Crippen LogP contribution in [0.5, 0.6) is 11.5 Å². The number of phenolic OH excluding ortho intramolecular Hbond substituents is 2. The zero-order valence-corrected chi connectivity index (χ0v) is 11.9. The highest BCUT2D eigenvalue weighted by atomic mass is 32.1. The molecule has 0 saturated heterocycles. The van der Waals surface area contributed by atoms with Crippen LogP contribution in [-0.2, 0) is 6.42 Å². The number of hydrogen-bond acceptors (Lipinski definition) is 5. The summed E-state index contributed by atoms with van der Waals surface area (Å²) in [7, 11) is 0. The van der Waals surface area contributed by atoms with Crippen molar-refractivity contribution in [1.82, 2.24) is 5.32 Å². The van der Waals surface area contributed by atoms with E-state index >= 15 is 0 Å². The van der Waals surface area contributed by atoms with Gasteiger partial charge in [-0.25, -0.2) is 0 Å². The first-order chi connectivity index (χ1) is 9.16. The highest BCUT2D eigenvalue weighted by Crippen LogP contribution is 2.42. The molecule has 5 heteroatoms. The molecule has 19 heavy (non-hydrogen) atoms. The van der Waals surface area contributed by atoms with Crippen LogP contribution in [0.4, 0.5) is 0 Å². The highest BCUT2D eigenvalue weighted by molar-refractivity contribution is 7.80. The Labute approximate surface area is 121 Å². The van der Waals surface area contributed by atoms with Crippen LogP contribution in [0.2, 0.25) is 0 Å². The van der Waals surface area contributed by atoms with Gasteiger partial charge in [-0.3, -0.25) is 0 Å². The van der Waals surface area contributed by atoms with Crippen LogP contribution in [0.1, 0.15) is 27.3 Å². The molecule has 1 aliphatic heterocycles. The van der Waals surface area contributed by atoms with Gasteiger partial charge in [0.15, 0.2) is 11.5 Å². The van der Waals surface area contributed by atoms with Crippen molar-refractivity contribution < 1.29 is 10.2 Å². The molecule has 2 atom stereocenters. The summed E-state index contributed by atoms with van der Waals surface area (Å²) in [5, 5.41) is 24.8. The van der Waals surface area contributed by atoms with Crippen LogP contribution in [-0.4, -0.2) is 16.8 Å². The molecule has 2 unspecified atom stereocenters. The molecule has 1 aromatic heterocycles. The maximum absolute atomic E-state index is 9.71. The minimum absolute atomic E-state index is 0.0444. The smallest absolute Gasteiger partial charge is 0.157 e. The number of rotatable bonds is 2. The van der Waals surface area contributed by atoms with E-state index in [1.165, 1.54) is 4.88 Å². The fraction of sp³-hybridized carbons (Fsp3) is 0.286. The van der Waals surface area contributed by atoms with Crippen LogP contribution in [0.25, 0.3) is 0 Å². The first-order valence-electron chi connectivity index (χ1n) is 6.16. The van der Waals surface area contributed by atoms with Gasteiger partial charge in [0.2, 0.25) is 0 Å². The van der Waals surface area contributed by atoms with Gasteiger partial charge >= 0.3 is 0 Å². The lowest BCUT2D eigenvalue weighted by atomic mass is 9.91. The number of phenols is 2. The first-order valence-corrected chi connectivity index (χ1v) is 7.56. The second-order valence-electron chi connectivity index (χ2n) is 4.68. The molecule has 0 aliphatic carbocycles. The third kappa shape index (κ3) is 2.33. The summed E-state index contributed by atoms with van der Waals surface area (Å²) in [6.07, 6.45) is 0.852. The van der Waals surface area contributed by atoms with Gasteiger partial charge in [-0.15, -0.1) is 11.3 Å². The Kier molecular flexibility index (Phi) is 3.43. The molecule has 3 nitrogen and oxygen atoms in total. The number of thiophene rings is 1. The van der Waals surface area contributed by atoms with Crippen LogP contribution < -0.4 is 5.32 Å². The van der Waals surface area contributed by atoms with Crippen molar-refractivity contribution in [3.8, 4) is 11.5 Å². The van der Waals surface area contributed by atoms with Gasteiger partial charge in [-0.2, -0.15) is 12.6 Å². The second kappa shape index (κ2) is 5.07. The Morgan fingerprint density at radius 1 is 1.32 bits per heavy atom. The standard InChI is InChI=1S/C14H15NO2S2/c16-10-6-8-3-4-15-13(9(8)7-11(10)17)14(18)12-2-1-5-19-12/h1-2,5-7,13-18H,3-4H2. The van der Waals surface area contributed by atoms with E-state index in [2.05, 4.69) is 11.4 Å². The van der Waals surface area contributed by atoms with Gasteiger partial charge in [0.25, 0.3) is 0 Å². The molecule has 100 valence electrons. The number of nitrogens with one attached hydrogen (secondary N) is 1. The number of hydrogen-bond donors (Lipinski definition) is 4. The molecule has 0 fully saturated rings. The van der Waals surface area contributed by atoms with E-state index in [0.717, 1.165) is 24.1 Å². The van der Waals surface area contributed by atoms with E-state index in [1.54, 1.807) is 23.5 Å². The Morgan fingerprint density at radius 2 is 2.11 bits per heavy atom. The lowest BCUT2D eigenvalue weighted by molar-refractivity contribution is 0.398. The maximum atomic E-state index is 9.71. The summed E-state index contributed by atoms with van der Waals surface area (Å²) in [6, 6.07) is 7.45. The quantitative estimate of drug-likeness (QED) is 0.508. The minimum atomic E-state index is -0.0702. The van der Waals surface area contributed by atoms with Gasteiger partial charge in [0, 0.05) is 10.9 Å². The van der Waals surface area contributed by atoms with Gasteiger partial charge in [-0.05, 0) is 47.7 Å². The summed E-state index contributed by atoms with van der Waals surface area (Å²) in [6.45, 7) is 0.852. The van der Waals surface area contributed by atoms with E-state index in [1.807, 2.05) is 11.4 Å². The normalized spacial score (nSPS) is 19.9. The first kappa shape index (κ1) is 12.8. The minimum Gasteiger partial charge on any atom is -0.504 e. The largest absolute Gasteiger partial charge is 0.504 e. The van der Waals surface area contributed by atoms with E-state index in [-0.39, 0.29) is 22.8 Å². The van der Waals surface area contributed by atoms with Crippen molar-refractivity contribution in [3.63, 3.8) is 0 Å². The molecule has 0 saturated carbocycles. The molecule has 0 spiro atoms. The Balaban J connectivity index is 2.00. The predicted molar refractivity (Wildman–Crippen MR) is 80.3 cm³/mol. The topological polar surface area (TPSA) is 52.5 Å². The second-order valence-corrected chi connectivity index (χ2v) is 6.22. The Hall–Kier alpha value is -1.17. The molecular formula is C14H15NO2S2. The molecule has 0 radical (unpaired) electrons. The van der Waals surface area contributed by atoms with Crippen LogP contribution in [0, 0.1) is 0 Å². The molecular weight excluding hydrogens is 278 g/mol. The van der Waals surface area contributed by atoms with Crippen molar-refractivity contribution in [2.24, 2.45) is 0 Å². The highest BCUT2D eigenvalue weighted by Gasteiger charge is 2.28. The Bertz CT molecular complexity index is 583. The van der Waals surface area contributed by atoms with Gasteiger partial charge in [-0.1, -0.05) is 6.07 Å². The lowest BCUT2D eigenvalue weighted by Gasteiger charge is -2.31. The number of aromatic hydroxyl groups is 2. The molecule has 3 N–H and O–H groups in total. The monoisotopic (exact) mass is 293 g/mol. The van der Waals surface area contributed by atoms with Gasteiger partial charge in [0.1, 0.15) is 0 Å². The third-order valence-corrected chi connectivity index (χ3v) is 5.19. The molecule has 3 rings (SSSR count). The van der Waals surface area contributed by atoms with Crippen molar-refractivity contribution in [1.29, 1.82) is 0 Å². The van der Waals surface area contributed by atoms with Crippen LogP contribution in [0.3, 0.4) is 0 Å². The third-order valence-electron chi connectivity index (χ3n) is 3.48.